The number of fused-ring (bicyclic) bond motifs is 1. The molecule has 0 bridgehead atoms. The second-order valence-corrected chi connectivity index (χ2v) is 4.10. The SMILES string of the molecule is COc1cc2c(cc1O)OC(C)(C)C=C2. The predicted molar refractivity (Wildman–Crippen MR) is 58.4 cm³/mol. The summed E-state index contributed by atoms with van der Waals surface area (Å²) in [4.78, 5) is 0. The van der Waals surface area contributed by atoms with Gasteiger partial charge in [0.15, 0.2) is 11.5 Å². The number of hydrogen-bond donors (Lipinski definition) is 1. The molecule has 80 valence electrons. The molecule has 0 spiro atoms. The zero-order valence-electron chi connectivity index (χ0n) is 9.07. The first-order valence-electron chi connectivity index (χ1n) is 4.81. The lowest BCUT2D eigenvalue weighted by Gasteiger charge is -2.28. The smallest absolute Gasteiger partial charge is 0.161 e. The topological polar surface area (TPSA) is 38.7 Å². The highest BCUT2D eigenvalue weighted by atomic mass is 16.5. The van der Waals surface area contributed by atoms with Crippen molar-refractivity contribution < 1.29 is 14.6 Å². The van der Waals surface area contributed by atoms with Crippen LogP contribution in [-0.4, -0.2) is 17.8 Å². The van der Waals surface area contributed by atoms with Gasteiger partial charge in [0.25, 0.3) is 0 Å². The maximum Gasteiger partial charge on any atom is 0.161 e. The average molecular weight is 206 g/mol. The first kappa shape index (κ1) is 9.90. The van der Waals surface area contributed by atoms with Crippen molar-refractivity contribution >= 4 is 6.08 Å². The van der Waals surface area contributed by atoms with Gasteiger partial charge in [0.1, 0.15) is 11.4 Å². The molecule has 15 heavy (non-hydrogen) atoms. The van der Waals surface area contributed by atoms with Gasteiger partial charge in [-0.25, -0.2) is 0 Å². The number of ether oxygens (including phenoxy) is 2. The van der Waals surface area contributed by atoms with E-state index in [1.54, 1.807) is 12.1 Å². The molecule has 1 aliphatic rings. The summed E-state index contributed by atoms with van der Waals surface area (Å²) in [5, 5.41) is 9.61. The molecule has 0 radical (unpaired) electrons. The fourth-order valence-corrected chi connectivity index (χ4v) is 1.55. The van der Waals surface area contributed by atoms with E-state index in [9.17, 15) is 5.11 Å². The number of phenolic OH excluding ortho intramolecular Hbond substituents is 1. The molecule has 0 saturated heterocycles. The Hall–Kier alpha value is -1.64. The first-order chi connectivity index (χ1) is 7.02. The van der Waals surface area contributed by atoms with E-state index in [0.29, 0.717) is 11.5 Å². The molecule has 0 aromatic heterocycles. The van der Waals surface area contributed by atoms with Crippen LogP contribution in [-0.2, 0) is 0 Å². The summed E-state index contributed by atoms with van der Waals surface area (Å²) in [7, 11) is 1.53. The Morgan fingerprint density at radius 1 is 1.33 bits per heavy atom. The highest BCUT2D eigenvalue weighted by Crippen LogP contribution is 2.38. The van der Waals surface area contributed by atoms with E-state index < -0.39 is 0 Å². The monoisotopic (exact) mass is 206 g/mol. The molecule has 0 atom stereocenters. The summed E-state index contributed by atoms with van der Waals surface area (Å²) < 4.78 is 10.7. The lowest BCUT2D eigenvalue weighted by molar-refractivity contribution is 0.158. The molecule has 0 saturated carbocycles. The fourth-order valence-electron chi connectivity index (χ4n) is 1.55. The third kappa shape index (κ3) is 1.77. The summed E-state index contributed by atoms with van der Waals surface area (Å²) in [5.41, 5.74) is 0.595. The van der Waals surface area contributed by atoms with Crippen molar-refractivity contribution in [2.45, 2.75) is 19.4 Å². The summed E-state index contributed by atoms with van der Waals surface area (Å²) in [6.07, 6.45) is 3.95. The van der Waals surface area contributed by atoms with Crippen LogP contribution in [0.1, 0.15) is 19.4 Å². The van der Waals surface area contributed by atoms with Crippen LogP contribution < -0.4 is 9.47 Å². The third-order valence-corrected chi connectivity index (χ3v) is 2.35. The standard InChI is InChI=1S/C12H14O3/c1-12(2)5-4-8-6-11(14-3)9(13)7-10(8)15-12/h4-7,13H,1-3H3. The predicted octanol–water partition coefficient (Wildman–Crippen LogP) is 2.59. The minimum atomic E-state index is -0.325. The maximum absolute atomic E-state index is 9.61. The van der Waals surface area contributed by atoms with Crippen molar-refractivity contribution in [1.29, 1.82) is 0 Å². The number of benzene rings is 1. The Kier molecular flexibility index (Phi) is 2.11. The van der Waals surface area contributed by atoms with Crippen LogP contribution in [0.25, 0.3) is 6.08 Å². The van der Waals surface area contributed by atoms with Gasteiger partial charge in [-0.05, 0) is 26.0 Å². The molecule has 1 aromatic rings. The minimum absolute atomic E-state index is 0.0994. The number of hydrogen-bond acceptors (Lipinski definition) is 3. The quantitative estimate of drug-likeness (QED) is 0.767. The van der Waals surface area contributed by atoms with Crippen LogP contribution in [0, 0.1) is 0 Å². The summed E-state index contributed by atoms with van der Waals surface area (Å²) in [6.45, 7) is 3.93. The van der Waals surface area contributed by atoms with E-state index in [1.165, 1.54) is 7.11 Å². The number of aromatic hydroxyl groups is 1. The van der Waals surface area contributed by atoms with Gasteiger partial charge in [-0.2, -0.15) is 0 Å². The van der Waals surface area contributed by atoms with E-state index in [1.807, 2.05) is 26.0 Å². The number of rotatable bonds is 1. The molecular formula is C12H14O3. The van der Waals surface area contributed by atoms with Gasteiger partial charge < -0.3 is 14.6 Å². The highest BCUT2D eigenvalue weighted by Gasteiger charge is 2.22. The lowest BCUT2D eigenvalue weighted by Crippen LogP contribution is -2.27. The number of methoxy groups -OCH3 is 1. The summed E-state index contributed by atoms with van der Waals surface area (Å²) in [5.74, 6) is 1.24. The van der Waals surface area contributed by atoms with Gasteiger partial charge in [0.2, 0.25) is 0 Å². The molecule has 1 N–H and O–H groups in total. The van der Waals surface area contributed by atoms with Crippen LogP contribution in [0.4, 0.5) is 0 Å². The molecule has 1 heterocycles. The molecular weight excluding hydrogens is 192 g/mol. The summed E-state index contributed by atoms with van der Waals surface area (Å²) in [6, 6.07) is 3.34. The molecule has 0 aliphatic carbocycles. The van der Waals surface area contributed by atoms with Crippen LogP contribution >= 0.6 is 0 Å². The Morgan fingerprint density at radius 3 is 2.73 bits per heavy atom. The van der Waals surface area contributed by atoms with Crippen molar-refractivity contribution in [3.05, 3.63) is 23.8 Å². The van der Waals surface area contributed by atoms with Gasteiger partial charge >= 0.3 is 0 Å². The lowest BCUT2D eigenvalue weighted by atomic mass is 10.0. The molecule has 0 unspecified atom stereocenters. The van der Waals surface area contributed by atoms with Crippen LogP contribution in [0.2, 0.25) is 0 Å². The summed E-state index contributed by atoms with van der Waals surface area (Å²) >= 11 is 0. The van der Waals surface area contributed by atoms with E-state index >= 15 is 0 Å². The Bertz CT molecular complexity index is 419. The number of phenols is 1. The minimum Gasteiger partial charge on any atom is -0.504 e. The Morgan fingerprint density at radius 2 is 2.07 bits per heavy atom. The van der Waals surface area contributed by atoms with Gasteiger partial charge in [-0.15, -0.1) is 0 Å². The fraction of sp³-hybridized carbons (Fsp3) is 0.333. The van der Waals surface area contributed by atoms with Crippen molar-refractivity contribution in [2.24, 2.45) is 0 Å². The van der Waals surface area contributed by atoms with E-state index in [0.717, 1.165) is 5.56 Å². The second-order valence-electron chi connectivity index (χ2n) is 4.10. The van der Waals surface area contributed by atoms with Gasteiger partial charge in [-0.1, -0.05) is 6.08 Å². The van der Waals surface area contributed by atoms with Gasteiger partial charge in [0, 0.05) is 11.6 Å². The van der Waals surface area contributed by atoms with E-state index in [-0.39, 0.29) is 11.4 Å². The Balaban J connectivity index is 2.49. The van der Waals surface area contributed by atoms with Gasteiger partial charge in [0.05, 0.1) is 7.11 Å². The van der Waals surface area contributed by atoms with Crippen LogP contribution in [0.3, 0.4) is 0 Å². The van der Waals surface area contributed by atoms with Crippen molar-refractivity contribution in [2.75, 3.05) is 7.11 Å². The van der Waals surface area contributed by atoms with E-state index in [2.05, 4.69) is 0 Å². The van der Waals surface area contributed by atoms with Crippen molar-refractivity contribution in [3.8, 4) is 17.2 Å². The maximum atomic E-state index is 9.61. The first-order valence-corrected chi connectivity index (χ1v) is 4.81. The Labute approximate surface area is 88.9 Å². The zero-order valence-corrected chi connectivity index (χ0v) is 9.07. The molecule has 0 fully saturated rings. The van der Waals surface area contributed by atoms with Crippen LogP contribution in [0.15, 0.2) is 18.2 Å². The normalized spacial score (nSPS) is 16.7. The zero-order chi connectivity index (χ0) is 11.1. The largest absolute Gasteiger partial charge is 0.504 e. The molecule has 1 aliphatic heterocycles. The molecule has 0 amide bonds. The molecule has 3 nitrogen and oxygen atoms in total. The van der Waals surface area contributed by atoms with E-state index in [4.69, 9.17) is 9.47 Å². The highest BCUT2D eigenvalue weighted by molar-refractivity contribution is 5.65. The van der Waals surface area contributed by atoms with Crippen molar-refractivity contribution in [3.63, 3.8) is 0 Å². The van der Waals surface area contributed by atoms with Crippen molar-refractivity contribution in [1.82, 2.24) is 0 Å². The molecule has 1 aromatic carbocycles. The second kappa shape index (κ2) is 3.19. The molecule has 3 heteroatoms. The van der Waals surface area contributed by atoms with Gasteiger partial charge in [-0.3, -0.25) is 0 Å². The third-order valence-electron chi connectivity index (χ3n) is 2.35. The molecule has 2 rings (SSSR count). The average Bonchev–Trinajstić information content (AvgIpc) is 2.15. The van der Waals surface area contributed by atoms with Crippen LogP contribution in [0.5, 0.6) is 17.2 Å².